The summed E-state index contributed by atoms with van der Waals surface area (Å²) in [5.41, 5.74) is 12.7. The molecule has 0 N–H and O–H groups in total. The van der Waals surface area contributed by atoms with Gasteiger partial charge in [-0.3, -0.25) is 0 Å². The van der Waals surface area contributed by atoms with Gasteiger partial charge in [0.1, 0.15) is 22.7 Å². The lowest BCUT2D eigenvalue weighted by atomic mass is 9.94. The molecule has 0 saturated heterocycles. The van der Waals surface area contributed by atoms with E-state index in [0.717, 1.165) is 94.7 Å². The SMILES string of the molecule is C1=Cc2ccc(-c3nc(-c4ccccc4)cc(-c4cnc(-c5ccccc5)nc4)n3)cc2-c2cc3oc4ccccc4c3cc2Oc2ccccc2-c2ccccc21. The lowest BCUT2D eigenvalue weighted by molar-refractivity contribution is 0.487. The average molecular weight is 745 g/mol. The van der Waals surface area contributed by atoms with Gasteiger partial charge in [0, 0.05) is 56.5 Å². The zero-order valence-corrected chi connectivity index (χ0v) is 31.1. The van der Waals surface area contributed by atoms with Crippen LogP contribution in [-0.2, 0) is 0 Å². The van der Waals surface area contributed by atoms with Crippen LogP contribution in [0.3, 0.4) is 0 Å². The van der Waals surface area contributed by atoms with Crippen molar-refractivity contribution in [3.8, 4) is 79.0 Å². The molecular formula is C52H32N4O2. The lowest BCUT2D eigenvalue weighted by Crippen LogP contribution is -1.98. The molecule has 0 unspecified atom stereocenters. The number of furan rings is 1. The first-order valence-corrected chi connectivity index (χ1v) is 19.2. The van der Waals surface area contributed by atoms with Crippen molar-refractivity contribution in [1.29, 1.82) is 0 Å². The molecule has 0 amide bonds. The van der Waals surface area contributed by atoms with Crippen LogP contribution in [0.25, 0.3) is 102 Å². The first kappa shape index (κ1) is 33.4. The third kappa shape index (κ3) is 6.01. The molecule has 4 heterocycles. The van der Waals surface area contributed by atoms with Gasteiger partial charge in [-0.15, -0.1) is 0 Å². The molecule has 0 atom stereocenters. The van der Waals surface area contributed by atoms with Gasteiger partial charge in [-0.25, -0.2) is 19.9 Å². The van der Waals surface area contributed by atoms with Crippen molar-refractivity contribution in [2.45, 2.75) is 0 Å². The number of hydrogen-bond acceptors (Lipinski definition) is 6. The number of nitrogens with zero attached hydrogens (tertiary/aromatic N) is 4. The second-order valence-corrected chi connectivity index (χ2v) is 14.3. The first-order chi connectivity index (χ1) is 28.7. The van der Waals surface area contributed by atoms with E-state index in [1.807, 2.05) is 97.3 Å². The molecule has 58 heavy (non-hydrogen) atoms. The highest BCUT2D eigenvalue weighted by Gasteiger charge is 2.21. The highest BCUT2D eigenvalue weighted by molar-refractivity contribution is 6.07. The predicted molar refractivity (Wildman–Crippen MR) is 233 cm³/mol. The molecular weight excluding hydrogens is 713 g/mol. The molecule has 0 aliphatic carbocycles. The second-order valence-electron chi connectivity index (χ2n) is 14.3. The molecule has 6 nitrogen and oxygen atoms in total. The van der Waals surface area contributed by atoms with Crippen LogP contribution in [0.4, 0.5) is 0 Å². The van der Waals surface area contributed by atoms with Crippen LogP contribution in [0.2, 0.25) is 0 Å². The van der Waals surface area contributed by atoms with E-state index >= 15 is 0 Å². The van der Waals surface area contributed by atoms with Crippen molar-refractivity contribution < 1.29 is 9.15 Å². The Kier molecular flexibility index (Phi) is 8.04. The summed E-state index contributed by atoms with van der Waals surface area (Å²) < 4.78 is 13.5. The number of benzene rings is 7. The van der Waals surface area contributed by atoms with Crippen LogP contribution in [0.5, 0.6) is 11.5 Å². The van der Waals surface area contributed by atoms with Gasteiger partial charge in [0.15, 0.2) is 11.6 Å². The van der Waals surface area contributed by atoms with E-state index in [1.54, 1.807) is 0 Å². The summed E-state index contributed by atoms with van der Waals surface area (Å²) in [7, 11) is 0. The monoisotopic (exact) mass is 744 g/mol. The van der Waals surface area contributed by atoms with Crippen LogP contribution in [0, 0.1) is 0 Å². The van der Waals surface area contributed by atoms with E-state index in [4.69, 9.17) is 29.1 Å². The van der Waals surface area contributed by atoms with E-state index in [9.17, 15) is 0 Å². The molecule has 0 saturated carbocycles. The number of hydrogen-bond donors (Lipinski definition) is 0. The van der Waals surface area contributed by atoms with Crippen molar-refractivity contribution in [2.75, 3.05) is 0 Å². The Morgan fingerprint density at radius 2 is 1.02 bits per heavy atom. The summed E-state index contributed by atoms with van der Waals surface area (Å²) >= 11 is 0. The molecule has 11 rings (SSSR count). The Labute approximate surface area is 334 Å². The Bertz CT molecular complexity index is 3190. The standard InChI is InChI=1S/C52H32N4O2/c1-3-14-35(15-4-1)45-30-46(38-31-53-51(54-32-38)36-16-5-2-6-17-36)56-52(55-45)37-26-25-34-24-23-33-13-7-8-18-39(33)40-19-9-11-21-47(40)57-50-28-43-41-20-10-12-22-48(41)58-49(43)29-44(50)42(34)27-37/h1-32H. The van der Waals surface area contributed by atoms with Gasteiger partial charge in [0.2, 0.25) is 0 Å². The highest BCUT2D eigenvalue weighted by Crippen LogP contribution is 2.45. The fourth-order valence-electron chi connectivity index (χ4n) is 7.76. The van der Waals surface area contributed by atoms with Crippen molar-refractivity contribution in [2.24, 2.45) is 0 Å². The van der Waals surface area contributed by atoms with Crippen LogP contribution >= 0.6 is 0 Å². The molecule has 0 fully saturated rings. The zero-order valence-electron chi connectivity index (χ0n) is 31.1. The van der Waals surface area contributed by atoms with Crippen LogP contribution in [0.1, 0.15) is 11.1 Å². The molecule has 0 spiro atoms. The van der Waals surface area contributed by atoms with Gasteiger partial charge < -0.3 is 9.15 Å². The summed E-state index contributed by atoms with van der Waals surface area (Å²) in [4.78, 5) is 19.8. The average Bonchev–Trinajstić information content (AvgIpc) is 3.65. The summed E-state index contributed by atoms with van der Waals surface area (Å²) in [6.45, 7) is 0. The lowest BCUT2D eigenvalue weighted by Gasteiger charge is -2.17. The fraction of sp³-hybridized carbons (Fsp3) is 0. The van der Waals surface area contributed by atoms with Crippen molar-refractivity contribution in [3.05, 3.63) is 193 Å². The minimum Gasteiger partial charge on any atom is -0.456 e. The number of rotatable bonds is 4. The van der Waals surface area contributed by atoms with E-state index in [2.05, 4.69) is 97.1 Å². The maximum Gasteiger partial charge on any atom is 0.160 e. The minimum absolute atomic E-state index is 0.576. The molecule has 1 aliphatic rings. The molecule has 0 bridgehead atoms. The summed E-state index contributed by atoms with van der Waals surface area (Å²) in [6.07, 6.45) is 8.02. The molecule has 6 heteroatoms. The Balaban J connectivity index is 1.13. The Morgan fingerprint density at radius 1 is 0.362 bits per heavy atom. The van der Waals surface area contributed by atoms with Crippen molar-refractivity contribution >= 4 is 34.1 Å². The van der Waals surface area contributed by atoms with Crippen LogP contribution in [-0.4, -0.2) is 19.9 Å². The number of fused-ring (bicyclic) bond motifs is 9. The smallest absolute Gasteiger partial charge is 0.160 e. The molecule has 0 radical (unpaired) electrons. The normalized spacial score (nSPS) is 11.9. The summed E-state index contributed by atoms with van der Waals surface area (Å²) in [6, 6.07) is 57.5. The van der Waals surface area contributed by atoms with Gasteiger partial charge in [0.25, 0.3) is 0 Å². The van der Waals surface area contributed by atoms with E-state index in [1.165, 1.54) is 0 Å². The fourth-order valence-corrected chi connectivity index (χ4v) is 7.76. The molecule has 272 valence electrons. The highest BCUT2D eigenvalue weighted by atomic mass is 16.5. The zero-order chi connectivity index (χ0) is 38.4. The van der Waals surface area contributed by atoms with Crippen molar-refractivity contribution in [1.82, 2.24) is 19.9 Å². The largest absolute Gasteiger partial charge is 0.456 e. The van der Waals surface area contributed by atoms with E-state index in [0.29, 0.717) is 17.4 Å². The van der Waals surface area contributed by atoms with Gasteiger partial charge in [-0.1, -0.05) is 146 Å². The topological polar surface area (TPSA) is 73.9 Å². The van der Waals surface area contributed by atoms with Crippen LogP contribution in [0.15, 0.2) is 187 Å². The van der Waals surface area contributed by atoms with Crippen molar-refractivity contribution in [3.63, 3.8) is 0 Å². The molecule has 3 aromatic heterocycles. The van der Waals surface area contributed by atoms with Gasteiger partial charge in [-0.2, -0.15) is 0 Å². The van der Waals surface area contributed by atoms with E-state index in [-0.39, 0.29) is 0 Å². The quantitative estimate of drug-likeness (QED) is 0.179. The number of para-hydroxylation sites is 2. The van der Waals surface area contributed by atoms with Gasteiger partial charge in [-0.05, 0) is 58.7 Å². The van der Waals surface area contributed by atoms with Gasteiger partial charge >= 0.3 is 0 Å². The maximum absolute atomic E-state index is 7.04. The summed E-state index contributed by atoms with van der Waals surface area (Å²) in [5.74, 6) is 2.71. The minimum atomic E-state index is 0.576. The third-order valence-electron chi connectivity index (χ3n) is 10.7. The third-order valence-corrected chi connectivity index (χ3v) is 10.7. The molecule has 1 aliphatic heterocycles. The first-order valence-electron chi connectivity index (χ1n) is 19.2. The van der Waals surface area contributed by atoms with Gasteiger partial charge in [0.05, 0.1) is 11.4 Å². The molecule has 7 aromatic carbocycles. The second kappa shape index (κ2) is 14.0. The molecule has 10 aromatic rings. The van der Waals surface area contributed by atoms with Crippen LogP contribution < -0.4 is 4.74 Å². The predicted octanol–water partition coefficient (Wildman–Crippen LogP) is 13.4. The Hall–Kier alpha value is -7.96. The number of aromatic nitrogens is 4. The number of ether oxygens (including phenoxy) is 1. The Morgan fingerprint density at radius 3 is 1.83 bits per heavy atom. The summed E-state index contributed by atoms with van der Waals surface area (Å²) in [5, 5.41) is 2.02. The maximum atomic E-state index is 7.04. The van der Waals surface area contributed by atoms with E-state index < -0.39 is 0 Å².